The molecule has 2 heterocycles. The van der Waals surface area contributed by atoms with E-state index in [2.05, 4.69) is 5.32 Å². The highest BCUT2D eigenvalue weighted by Crippen LogP contribution is 2.30. The lowest BCUT2D eigenvalue weighted by Gasteiger charge is -2.22. The van der Waals surface area contributed by atoms with Gasteiger partial charge in [0.1, 0.15) is 11.1 Å². The molecule has 28 heavy (non-hydrogen) atoms. The van der Waals surface area contributed by atoms with E-state index >= 15 is 0 Å². The Hall–Kier alpha value is -3.41. The zero-order chi connectivity index (χ0) is 19.9. The Balaban J connectivity index is 1.73. The van der Waals surface area contributed by atoms with Crippen LogP contribution in [0.25, 0.3) is 11.0 Å². The third-order valence-electron chi connectivity index (χ3n) is 5.26. The highest BCUT2D eigenvalue weighted by molar-refractivity contribution is 6.07. The van der Waals surface area contributed by atoms with Crippen molar-refractivity contribution >= 4 is 22.9 Å². The van der Waals surface area contributed by atoms with Crippen LogP contribution in [0.5, 0.6) is 0 Å². The highest BCUT2D eigenvalue weighted by Gasteiger charge is 2.48. The molecule has 6 nitrogen and oxygen atoms in total. The lowest BCUT2D eigenvalue weighted by atomic mass is 9.92. The highest BCUT2D eigenvalue weighted by atomic mass is 16.4. The minimum Gasteiger partial charge on any atom is -0.423 e. The number of amides is 3. The van der Waals surface area contributed by atoms with Crippen LogP contribution in [0.15, 0.2) is 63.8 Å². The molecule has 1 aliphatic heterocycles. The number of nitrogens with one attached hydrogen (secondary N) is 1. The summed E-state index contributed by atoms with van der Waals surface area (Å²) >= 11 is 0. The van der Waals surface area contributed by atoms with E-state index in [4.69, 9.17) is 4.42 Å². The van der Waals surface area contributed by atoms with Gasteiger partial charge in [-0.3, -0.25) is 9.69 Å². The molecule has 1 atom stereocenters. The monoisotopic (exact) mass is 376 g/mol. The van der Waals surface area contributed by atoms with E-state index < -0.39 is 17.2 Å². The summed E-state index contributed by atoms with van der Waals surface area (Å²) in [6, 6.07) is 15.6. The van der Waals surface area contributed by atoms with Gasteiger partial charge in [0, 0.05) is 11.5 Å². The fourth-order valence-electron chi connectivity index (χ4n) is 3.60. The zero-order valence-electron chi connectivity index (χ0n) is 15.7. The first-order valence-electron chi connectivity index (χ1n) is 9.17. The number of rotatable bonds is 4. The normalized spacial score (nSPS) is 19.3. The van der Waals surface area contributed by atoms with E-state index in [0.717, 1.165) is 16.9 Å². The van der Waals surface area contributed by atoms with Crippen LogP contribution < -0.4 is 10.9 Å². The zero-order valence-corrected chi connectivity index (χ0v) is 15.7. The number of aryl methyl sites for hydroxylation is 1. The van der Waals surface area contributed by atoms with Gasteiger partial charge in [-0.1, -0.05) is 49.4 Å². The van der Waals surface area contributed by atoms with Gasteiger partial charge in [-0.05, 0) is 36.1 Å². The van der Waals surface area contributed by atoms with Gasteiger partial charge in [-0.25, -0.2) is 9.59 Å². The van der Waals surface area contributed by atoms with Crippen LogP contribution in [0.2, 0.25) is 0 Å². The van der Waals surface area contributed by atoms with Gasteiger partial charge in [0.05, 0.1) is 6.54 Å². The Labute approximate surface area is 161 Å². The lowest BCUT2D eigenvalue weighted by Crippen LogP contribution is -2.40. The maximum Gasteiger partial charge on any atom is 0.336 e. The number of carbonyl (C=O) groups is 2. The summed E-state index contributed by atoms with van der Waals surface area (Å²) in [7, 11) is 0. The summed E-state index contributed by atoms with van der Waals surface area (Å²) < 4.78 is 5.31. The summed E-state index contributed by atoms with van der Waals surface area (Å²) in [6.45, 7) is 3.70. The lowest BCUT2D eigenvalue weighted by molar-refractivity contribution is -0.131. The van der Waals surface area contributed by atoms with Crippen molar-refractivity contribution in [3.8, 4) is 0 Å². The third-order valence-corrected chi connectivity index (χ3v) is 5.26. The minimum atomic E-state index is -1.14. The van der Waals surface area contributed by atoms with E-state index in [0.29, 0.717) is 22.1 Å². The van der Waals surface area contributed by atoms with Crippen LogP contribution in [-0.2, 0) is 23.3 Å². The first-order valence-corrected chi connectivity index (χ1v) is 9.17. The number of hydrogen-bond donors (Lipinski definition) is 1. The number of urea groups is 1. The molecule has 0 saturated carbocycles. The van der Waals surface area contributed by atoms with E-state index in [9.17, 15) is 14.4 Å². The Morgan fingerprint density at radius 3 is 2.50 bits per heavy atom. The predicted molar refractivity (Wildman–Crippen MR) is 105 cm³/mol. The van der Waals surface area contributed by atoms with Crippen LogP contribution >= 0.6 is 0 Å². The summed E-state index contributed by atoms with van der Waals surface area (Å²) in [5.41, 5.74) is 1.14. The third kappa shape index (κ3) is 2.87. The maximum absolute atomic E-state index is 13.1. The van der Waals surface area contributed by atoms with Crippen LogP contribution in [0, 0.1) is 0 Å². The van der Waals surface area contributed by atoms with Crippen molar-refractivity contribution in [2.75, 3.05) is 0 Å². The number of imide groups is 1. The standard InChI is InChI=1S/C22H20N2O4/c1-3-14-9-10-17-15(12-19(25)28-18(17)11-14)13-24-20(26)22(2,23-21(24)27)16-7-5-4-6-8-16/h4-12H,3,13H2,1-2H3,(H,23,27). The largest absolute Gasteiger partial charge is 0.423 e. The molecule has 1 unspecified atom stereocenters. The Morgan fingerprint density at radius 2 is 1.79 bits per heavy atom. The predicted octanol–water partition coefficient (Wildman–Crippen LogP) is 3.32. The van der Waals surface area contributed by atoms with Gasteiger partial charge >= 0.3 is 11.7 Å². The Kier molecular flexibility index (Phi) is 4.26. The molecule has 142 valence electrons. The number of fused-ring (bicyclic) bond motifs is 1. The van der Waals surface area contributed by atoms with Crippen LogP contribution in [0.1, 0.15) is 30.5 Å². The molecule has 3 amide bonds. The van der Waals surface area contributed by atoms with Crippen molar-refractivity contribution in [3.05, 3.63) is 81.7 Å². The summed E-state index contributed by atoms with van der Waals surface area (Å²) in [5.74, 6) is -0.352. The van der Waals surface area contributed by atoms with E-state index in [1.54, 1.807) is 19.1 Å². The molecule has 0 bridgehead atoms. The van der Waals surface area contributed by atoms with Gasteiger partial charge in [0.15, 0.2) is 0 Å². The molecule has 1 fully saturated rings. The molecular weight excluding hydrogens is 356 g/mol. The molecule has 0 spiro atoms. The fourth-order valence-corrected chi connectivity index (χ4v) is 3.60. The van der Waals surface area contributed by atoms with Crippen molar-refractivity contribution in [3.63, 3.8) is 0 Å². The molecule has 0 aliphatic carbocycles. The molecule has 1 aromatic heterocycles. The average Bonchev–Trinajstić information content (AvgIpc) is 2.92. The molecular formula is C22H20N2O4. The van der Waals surface area contributed by atoms with Crippen molar-refractivity contribution < 1.29 is 14.0 Å². The molecule has 2 aromatic carbocycles. The Morgan fingerprint density at radius 1 is 1.04 bits per heavy atom. The van der Waals surface area contributed by atoms with Crippen LogP contribution in [0.4, 0.5) is 4.79 Å². The number of carbonyl (C=O) groups excluding carboxylic acids is 2. The molecule has 1 saturated heterocycles. The van der Waals surface area contributed by atoms with Crippen molar-refractivity contribution in [2.24, 2.45) is 0 Å². The van der Waals surface area contributed by atoms with Gasteiger partial charge in [0.25, 0.3) is 5.91 Å². The number of hydrogen-bond acceptors (Lipinski definition) is 4. The van der Waals surface area contributed by atoms with E-state index in [1.165, 1.54) is 6.07 Å². The summed E-state index contributed by atoms with van der Waals surface area (Å²) in [5, 5.41) is 3.50. The SMILES string of the molecule is CCc1ccc2c(CN3C(=O)NC(C)(c4ccccc4)C3=O)cc(=O)oc2c1. The Bertz CT molecular complexity index is 1140. The molecule has 6 heteroatoms. The second-order valence-corrected chi connectivity index (χ2v) is 7.09. The second-order valence-electron chi connectivity index (χ2n) is 7.09. The summed E-state index contributed by atoms with van der Waals surface area (Å²) in [6.07, 6.45) is 0.812. The minimum absolute atomic E-state index is 0.000657. The number of nitrogens with zero attached hydrogens (tertiary/aromatic N) is 1. The van der Waals surface area contributed by atoms with Gasteiger partial charge in [-0.2, -0.15) is 0 Å². The van der Waals surface area contributed by atoms with Crippen LogP contribution in [-0.4, -0.2) is 16.8 Å². The second kappa shape index (κ2) is 6.64. The summed E-state index contributed by atoms with van der Waals surface area (Å²) in [4.78, 5) is 38.9. The van der Waals surface area contributed by atoms with Crippen molar-refractivity contribution in [1.29, 1.82) is 0 Å². The smallest absolute Gasteiger partial charge is 0.336 e. The first-order chi connectivity index (χ1) is 13.4. The van der Waals surface area contributed by atoms with E-state index in [-0.39, 0.29) is 12.5 Å². The van der Waals surface area contributed by atoms with Gasteiger partial charge in [-0.15, -0.1) is 0 Å². The quantitative estimate of drug-likeness (QED) is 0.560. The van der Waals surface area contributed by atoms with Crippen molar-refractivity contribution in [2.45, 2.75) is 32.4 Å². The molecule has 1 aliphatic rings. The average molecular weight is 376 g/mol. The molecule has 1 N–H and O–H groups in total. The topological polar surface area (TPSA) is 79.6 Å². The maximum atomic E-state index is 13.1. The van der Waals surface area contributed by atoms with Crippen molar-refractivity contribution in [1.82, 2.24) is 10.2 Å². The molecule has 3 aromatic rings. The van der Waals surface area contributed by atoms with E-state index in [1.807, 2.05) is 43.3 Å². The number of benzene rings is 2. The van der Waals surface area contributed by atoms with Crippen LogP contribution in [0.3, 0.4) is 0 Å². The van der Waals surface area contributed by atoms with Gasteiger partial charge < -0.3 is 9.73 Å². The fraction of sp³-hybridized carbons (Fsp3) is 0.227. The van der Waals surface area contributed by atoms with Gasteiger partial charge in [0.2, 0.25) is 0 Å². The first kappa shape index (κ1) is 18.0. The molecule has 0 radical (unpaired) electrons. The molecule has 4 rings (SSSR count).